The van der Waals surface area contributed by atoms with Crippen LogP contribution in [0.4, 0.5) is 0 Å². The van der Waals surface area contributed by atoms with Gasteiger partial charge < -0.3 is 29.5 Å². The van der Waals surface area contributed by atoms with Crippen LogP contribution in [0.5, 0.6) is 0 Å². The Morgan fingerprint density at radius 2 is 1.40 bits per heavy atom. The lowest BCUT2D eigenvalue weighted by molar-refractivity contribution is -0.304. The summed E-state index contributed by atoms with van der Waals surface area (Å²) in [5.74, 6) is 0. The van der Waals surface area contributed by atoms with Crippen molar-refractivity contribution in [2.24, 2.45) is 0 Å². The maximum Gasteiger partial charge on any atom is 0.186 e. The van der Waals surface area contributed by atoms with Crippen LogP contribution >= 0.6 is 0 Å². The van der Waals surface area contributed by atoms with Crippen LogP contribution in [0, 0.1) is 0 Å². The van der Waals surface area contributed by atoms with E-state index in [0.717, 1.165) is 12.8 Å². The zero-order valence-electron chi connectivity index (χ0n) is 15.9. The average molecular weight is 363 g/mol. The largest absolute Gasteiger partial charge is 0.394 e. The van der Waals surface area contributed by atoms with Gasteiger partial charge in [0.05, 0.1) is 6.61 Å². The van der Waals surface area contributed by atoms with Gasteiger partial charge in [-0.25, -0.2) is 0 Å². The fourth-order valence-electron chi connectivity index (χ4n) is 3.27. The van der Waals surface area contributed by atoms with Gasteiger partial charge in [0.2, 0.25) is 0 Å². The molecule has 1 aliphatic heterocycles. The van der Waals surface area contributed by atoms with E-state index < -0.39 is 30.7 Å². The summed E-state index contributed by atoms with van der Waals surface area (Å²) in [6.07, 6.45) is 7.76. The molecule has 150 valence electrons. The molecule has 5 atom stereocenters. The molecule has 0 radical (unpaired) electrons. The van der Waals surface area contributed by atoms with Gasteiger partial charge in [-0.2, -0.15) is 0 Å². The van der Waals surface area contributed by atoms with Crippen LogP contribution in [0.1, 0.15) is 71.1 Å². The fourth-order valence-corrected chi connectivity index (χ4v) is 3.27. The molecule has 0 spiro atoms. The summed E-state index contributed by atoms with van der Waals surface area (Å²) in [7, 11) is 1.41. The molecule has 1 rings (SSSR count). The smallest absolute Gasteiger partial charge is 0.186 e. The van der Waals surface area contributed by atoms with E-state index in [-0.39, 0.29) is 6.61 Å². The van der Waals surface area contributed by atoms with E-state index in [1.807, 2.05) is 0 Å². The lowest BCUT2D eigenvalue weighted by Gasteiger charge is -2.41. The minimum Gasteiger partial charge on any atom is -0.394 e. The van der Waals surface area contributed by atoms with E-state index in [0.29, 0.717) is 6.61 Å². The van der Waals surface area contributed by atoms with Gasteiger partial charge in [-0.15, -0.1) is 0 Å². The van der Waals surface area contributed by atoms with Gasteiger partial charge in [-0.1, -0.05) is 64.7 Å². The highest BCUT2D eigenvalue weighted by Gasteiger charge is 2.44. The third-order valence-electron chi connectivity index (χ3n) is 4.87. The standard InChI is InChI=1S/C19H38O6/c1-3-4-5-6-7-8-9-10-11-12-13-24-19-17(22)16(21)18(23-2)15(14-20)25-19/h15-22H,3-14H2,1-2H3/t15-,16-,17-,18-,19-/m1/s1. The summed E-state index contributed by atoms with van der Waals surface area (Å²) in [5.41, 5.74) is 0. The van der Waals surface area contributed by atoms with E-state index in [1.54, 1.807) is 0 Å². The number of aliphatic hydroxyl groups excluding tert-OH is 3. The Bertz CT molecular complexity index is 312. The van der Waals surface area contributed by atoms with E-state index in [4.69, 9.17) is 14.2 Å². The Hall–Kier alpha value is -0.240. The quantitative estimate of drug-likeness (QED) is 0.411. The fraction of sp³-hybridized carbons (Fsp3) is 1.00. The summed E-state index contributed by atoms with van der Waals surface area (Å²) >= 11 is 0. The van der Waals surface area contributed by atoms with Crippen LogP contribution in [0.2, 0.25) is 0 Å². The first kappa shape index (κ1) is 22.8. The molecule has 0 unspecified atom stereocenters. The van der Waals surface area contributed by atoms with E-state index in [1.165, 1.54) is 58.5 Å². The molecule has 0 aromatic carbocycles. The van der Waals surface area contributed by atoms with Crippen LogP contribution in [0.25, 0.3) is 0 Å². The van der Waals surface area contributed by atoms with E-state index in [9.17, 15) is 15.3 Å². The van der Waals surface area contributed by atoms with Gasteiger partial charge in [0.1, 0.15) is 24.4 Å². The second-order valence-corrected chi connectivity index (χ2v) is 6.96. The van der Waals surface area contributed by atoms with Crippen molar-refractivity contribution in [3.05, 3.63) is 0 Å². The van der Waals surface area contributed by atoms with Crippen molar-refractivity contribution in [2.75, 3.05) is 20.3 Å². The lowest BCUT2D eigenvalue weighted by atomic mass is 9.99. The van der Waals surface area contributed by atoms with Crippen molar-refractivity contribution in [3.63, 3.8) is 0 Å². The van der Waals surface area contributed by atoms with Crippen molar-refractivity contribution in [1.29, 1.82) is 0 Å². The molecular formula is C19H38O6. The van der Waals surface area contributed by atoms with Crippen molar-refractivity contribution < 1.29 is 29.5 Å². The summed E-state index contributed by atoms with van der Waals surface area (Å²) in [6, 6.07) is 0. The van der Waals surface area contributed by atoms with Gasteiger partial charge in [0.25, 0.3) is 0 Å². The molecule has 0 amide bonds. The molecule has 1 saturated heterocycles. The Morgan fingerprint density at radius 1 is 0.840 bits per heavy atom. The Kier molecular flexibility index (Phi) is 12.7. The summed E-state index contributed by atoms with van der Waals surface area (Å²) in [5, 5.41) is 29.4. The normalized spacial score (nSPS) is 29.9. The third kappa shape index (κ3) is 8.33. The maximum absolute atomic E-state index is 10.1. The molecule has 1 fully saturated rings. The number of unbranched alkanes of at least 4 members (excludes halogenated alkanes) is 9. The van der Waals surface area contributed by atoms with Gasteiger partial charge in [0.15, 0.2) is 6.29 Å². The van der Waals surface area contributed by atoms with Gasteiger partial charge in [0, 0.05) is 13.7 Å². The van der Waals surface area contributed by atoms with Crippen LogP contribution in [0.3, 0.4) is 0 Å². The highest BCUT2D eigenvalue weighted by Crippen LogP contribution is 2.24. The van der Waals surface area contributed by atoms with Crippen LogP contribution in [-0.4, -0.2) is 66.3 Å². The van der Waals surface area contributed by atoms with Crippen molar-refractivity contribution >= 4 is 0 Å². The van der Waals surface area contributed by atoms with Crippen LogP contribution in [0.15, 0.2) is 0 Å². The number of hydrogen-bond acceptors (Lipinski definition) is 6. The lowest BCUT2D eigenvalue weighted by Crippen LogP contribution is -2.59. The average Bonchev–Trinajstić information content (AvgIpc) is 2.62. The number of rotatable bonds is 14. The van der Waals surface area contributed by atoms with Crippen molar-refractivity contribution in [2.45, 2.75) is 102 Å². The third-order valence-corrected chi connectivity index (χ3v) is 4.87. The molecule has 6 heteroatoms. The van der Waals surface area contributed by atoms with Crippen molar-refractivity contribution in [1.82, 2.24) is 0 Å². The second-order valence-electron chi connectivity index (χ2n) is 6.96. The van der Waals surface area contributed by atoms with Crippen molar-refractivity contribution in [3.8, 4) is 0 Å². The number of methoxy groups -OCH3 is 1. The Balaban J connectivity index is 2.07. The van der Waals surface area contributed by atoms with Gasteiger partial charge in [-0.3, -0.25) is 0 Å². The first-order valence-corrected chi connectivity index (χ1v) is 9.92. The monoisotopic (exact) mass is 362 g/mol. The number of ether oxygens (including phenoxy) is 3. The highest BCUT2D eigenvalue weighted by molar-refractivity contribution is 4.89. The van der Waals surface area contributed by atoms with E-state index in [2.05, 4.69) is 6.92 Å². The summed E-state index contributed by atoms with van der Waals surface area (Å²) < 4.78 is 16.2. The molecular weight excluding hydrogens is 324 g/mol. The second kappa shape index (κ2) is 13.9. The molecule has 25 heavy (non-hydrogen) atoms. The van der Waals surface area contributed by atoms with Gasteiger partial charge >= 0.3 is 0 Å². The maximum atomic E-state index is 10.1. The number of hydrogen-bond donors (Lipinski definition) is 3. The molecule has 0 aliphatic carbocycles. The zero-order chi connectivity index (χ0) is 18.5. The molecule has 1 heterocycles. The molecule has 0 bridgehead atoms. The Labute approximate surface area is 152 Å². The van der Waals surface area contributed by atoms with Crippen LogP contribution in [-0.2, 0) is 14.2 Å². The minimum absolute atomic E-state index is 0.291. The summed E-state index contributed by atoms with van der Waals surface area (Å²) in [4.78, 5) is 0. The Morgan fingerprint density at radius 3 is 1.92 bits per heavy atom. The molecule has 0 aromatic rings. The summed E-state index contributed by atoms with van der Waals surface area (Å²) in [6.45, 7) is 2.42. The zero-order valence-corrected chi connectivity index (χ0v) is 15.9. The predicted molar refractivity (Wildman–Crippen MR) is 96.4 cm³/mol. The van der Waals surface area contributed by atoms with E-state index >= 15 is 0 Å². The molecule has 0 aromatic heterocycles. The topological polar surface area (TPSA) is 88.4 Å². The predicted octanol–water partition coefficient (Wildman–Crippen LogP) is 2.38. The number of aliphatic hydroxyl groups is 3. The molecule has 0 saturated carbocycles. The van der Waals surface area contributed by atoms with Crippen LogP contribution < -0.4 is 0 Å². The minimum atomic E-state index is -1.17. The molecule has 1 aliphatic rings. The highest BCUT2D eigenvalue weighted by atomic mass is 16.7. The molecule has 6 nitrogen and oxygen atoms in total. The van der Waals surface area contributed by atoms with Gasteiger partial charge in [-0.05, 0) is 6.42 Å². The SMILES string of the molecule is CCCCCCCCCCCCO[C@@H]1O[C@H](CO)[C@@H](OC)[C@H](O)[C@H]1O. The molecule has 3 N–H and O–H groups in total. The first-order valence-electron chi connectivity index (χ1n) is 9.92. The first-order chi connectivity index (χ1) is 12.2.